The zero-order valence-corrected chi connectivity index (χ0v) is 9.91. The molecule has 0 radical (unpaired) electrons. The van der Waals surface area contributed by atoms with Gasteiger partial charge in [-0.2, -0.15) is 0 Å². The maximum Gasteiger partial charge on any atom is 0.197 e. The minimum absolute atomic E-state index is 0.283. The molecule has 0 aromatic heterocycles. The lowest BCUT2D eigenvalue weighted by Crippen LogP contribution is -2.97. The molecule has 0 saturated heterocycles. The Morgan fingerprint density at radius 3 is 2.62 bits per heavy atom. The highest BCUT2D eigenvalue weighted by atomic mass is 16.1. The van der Waals surface area contributed by atoms with Gasteiger partial charge in [0.2, 0.25) is 0 Å². The molecule has 86 valence electrons. The number of hydrogen-bond acceptors (Lipinski definition) is 1. The third-order valence-electron chi connectivity index (χ3n) is 3.56. The predicted molar refractivity (Wildman–Crippen MR) is 64.1 cm³/mol. The van der Waals surface area contributed by atoms with E-state index >= 15 is 0 Å². The molecule has 2 N–H and O–H groups in total. The minimum atomic E-state index is -0.283. The molecule has 0 bridgehead atoms. The Morgan fingerprint density at radius 1 is 1.25 bits per heavy atom. The van der Waals surface area contributed by atoms with Gasteiger partial charge in [0.25, 0.3) is 0 Å². The summed E-state index contributed by atoms with van der Waals surface area (Å²) in [6.45, 7) is 3.08. The van der Waals surface area contributed by atoms with E-state index in [-0.39, 0.29) is 5.54 Å². The fraction of sp³-hybridized carbons (Fsp3) is 0.500. The normalized spacial score (nSPS) is 25.7. The first-order valence-electron chi connectivity index (χ1n) is 6.23. The highest BCUT2D eigenvalue weighted by molar-refractivity contribution is 5.88. The minimum Gasteiger partial charge on any atom is -0.332 e. The Morgan fingerprint density at radius 2 is 2.00 bits per heavy atom. The van der Waals surface area contributed by atoms with Crippen LogP contribution in [-0.4, -0.2) is 12.3 Å². The number of Topliss-reactive ketones (excluding diaryl/α,β-unsaturated/α-hetero) is 1. The second kappa shape index (κ2) is 4.79. The highest BCUT2D eigenvalue weighted by Crippen LogP contribution is 2.30. The van der Waals surface area contributed by atoms with Crippen LogP contribution in [0.3, 0.4) is 0 Å². The van der Waals surface area contributed by atoms with E-state index in [2.05, 4.69) is 24.4 Å². The van der Waals surface area contributed by atoms with Gasteiger partial charge < -0.3 is 5.32 Å². The summed E-state index contributed by atoms with van der Waals surface area (Å²) in [6.07, 6.45) is 3.96. The molecule has 2 rings (SSSR count). The molecule has 0 spiro atoms. The molecule has 2 heteroatoms. The van der Waals surface area contributed by atoms with Crippen LogP contribution in [-0.2, 0) is 10.3 Å². The van der Waals surface area contributed by atoms with Crippen molar-refractivity contribution >= 4 is 5.78 Å². The predicted octanol–water partition coefficient (Wildman–Crippen LogP) is 1.61. The Balaban J connectivity index is 2.38. The highest BCUT2D eigenvalue weighted by Gasteiger charge is 2.44. The van der Waals surface area contributed by atoms with Crippen LogP contribution in [0.25, 0.3) is 0 Å². The molecular formula is C14H20NO+. The van der Waals surface area contributed by atoms with E-state index < -0.39 is 0 Å². The van der Waals surface area contributed by atoms with Crippen LogP contribution in [0, 0.1) is 0 Å². The lowest BCUT2D eigenvalue weighted by molar-refractivity contribution is -0.720. The zero-order valence-electron chi connectivity index (χ0n) is 9.91. The topological polar surface area (TPSA) is 33.7 Å². The maximum atomic E-state index is 12.3. The first-order chi connectivity index (χ1) is 7.79. The van der Waals surface area contributed by atoms with Crippen molar-refractivity contribution in [1.29, 1.82) is 0 Å². The quantitative estimate of drug-likeness (QED) is 0.821. The molecule has 1 aliphatic rings. The van der Waals surface area contributed by atoms with E-state index in [1.807, 2.05) is 18.2 Å². The number of quaternary nitrogens is 1. The molecule has 1 fully saturated rings. The summed E-state index contributed by atoms with van der Waals surface area (Å²) >= 11 is 0. The van der Waals surface area contributed by atoms with Crippen LogP contribution >= 0.6 is 0 Å². The maximum absolute atomic E-state index is 12.3. The summed E-state index contributed by atoms with van der Waals surface area (Å²) in [6, 6.07) is 10.3. The summed E-state index contributed by atoms with van der Waals surface area (Å²) in [5, 5.41) is 2.21. The third-order valence-corrected chi connectivity index (χ3v) is 3.56. The number of carbonyl (C=O) groups excluding carboxylic acids is 1. The van der Waals surface area contributed by atoms with Gasteiger partial charge >= 0.3 is 0 Å². The summed E-state index contributed by atoms with van der Waals surface area (Å²) in [7, 11) is 0. The standard InChI is InChI=1S/C14H19NO/c1-2-15-14(11-7-6-10-13(14)16)12-8-4-3-5-9-12/h3-5,8-9,15H,2,6-7,10-11H2,1H3/p+1. The fourth-order valence-electron chi connectivity index (χ4n) is 2.77. The lowest BCUT2D eigenvalue weighted by Gasteiger charge is -2.33. The van der Waals surface area contributed by atoms with Crippen molar-refractivity contribution in [1.82, 2.24) is 0 Å². The molecule has 1 aromatic rings. The van der Waals surface area contributed by atoms with Gasteiger partial charge in [-0.3, -0.25) is 4.79 Å². The van der Waals surface area contributed by atoms with Gasteiger partial charge in [-0.1, -0.05) is 30.3 Å². The summed E-state index contributed by atoms with van der Waals surface area (Å²) in [5.74, 6) is 0.409. The van der Waals surface area contributed by atoms with Crippen molar-refractivity contribution in [3.63, 3.8) is 0 Å². The van der Waals surface area contributed by atoms with Gasteiger partial charge in [-0.05, 0) is 19.8 Å². The molecule has 1 aliphatic carbocycles. The van der Waals surface area contributed by atoms with E-state index in [0.29, 0.717) is 5.78 Å². The van der Waals surface area contributed by atoms with Gasteiger partial charge in [0.1, 0.15) is 0 Å². The van der Waals surface area contributed by atoms with Crippen LogP contribution in [0.1, 0.15) is 38.2 Å². The lowest BCUT2D eigenvalue weighted by atomic mass is 9.75. The fourth-order valence-corrected chi connectivity index (χ4v) is 2.77. The number of ketones is 1. The Bertz CT molecular complexity index is 356. The number of hydrogen-bond donors (Lipinski definition) is 1. The van der Waals surface area contributed by atoms with E-state index in [4.69, 9.17) is 0 Å². The first kappa shape index (κ1) is 11.3. The van der Waals surface area contributed by atoms with Gasteiger partial charge in [-0.15, -0.1) is 0 Å². The number of rotatable bonds is 3. The first-order valence-corrected chi connectivity index (χ1v) is 6.23. The van der Waals surface area contributed by atoms with E-state index in [1.54, 1.807) is 0 Å². The van der Waals surface area contributed by atoms with Gasteiger partial charge in [0.05, 0.1) is 6.54 Å². The largest absolute Gasteiger partial charge is 0.332 e. The van der Waals surface area contributed by atoms with E-state index in [1.165, 1.54) is 5.56 Å². The van der Waals surface area contributed by atoms with Gasteiger partial charge in [0, 0.05) is 18.4 Å². The average molecular weight is 218 g/mol. The summed E-state index contributed by atoms with van der Waals surface area (Å²) in [5.41, 5.74) is 0.899. The molecule has 1 unspecified atom stereocenters. The third kappa shape index (κ3) is 1.90. The Kier molecular flexibility index (Phi) is 3.39. The molecular weight excluding hydrogens is 198 g/mol. The SMILES string of the molecule is CC[NH2+]C1(c2ccccc2)CCCCC1=O. The van der Waals surface area contributed by atoms with Crippen LogP contribution in [0.2, 0.25) is 0 Å². The van der Waals surface area contributed by atoms with Crippen molar-refractivity contribution in [3.05, 3.63) is 35.9 Å². The average Bonchev–Trinajstić information content (AvgIpc) is 2.34. The summed E-state index contributed by atoms with van der Waals surface area (Å²) < 4.78 is 0. The molecule has 2 nitrogen and oxygen atoms in total. The summed E-state index contributed by atoms with van der Waals surface area (Å²) in [4.78, 5) is 12.3. The van der Waals surface area contributed by atoms with Crippen molar-refractivity contribution in [3.8, 4) is 0 Å². The van der Waals surface area contributed by atoms with Crippen LogP contribution in [0.5, 0.6) is 0 Å². The monoisotopic (exact) mass is 218 g/mol. The molecule has 16 heavy (non-hydrogen) atoms. The van der Waals surface area contributed by atoms with Crippen molar-refractivity contribution in [2.45, 2.75) is 38.1 Å². The second-order valence-electron chi connectivity index (χ2n) is 4.58. The number of nitrogens with two attached hydrogens (primary N) is 1. The molecule has 1 aromatic carbocycles. The molecule has 0 amide bonds. The Labute approximate surface area is 97.1 Å². The number of benzene rings is 1. The van der Waals surface area contributed by atoms with E-state index in [0.717, 1.165) is 32.2 Å². The molecule has 0 aliphatic heterocycles. The number of likely N-dealkylation sites (N-methyl/N-ethyl adjacent to an activating group) is 1. The molecule has 0 heterocycles. The smallest absolute Gasteiger partial charge is 0.197 e. The van der Waals surface area contributed by atoms with E-state index in [9.17, 15) is 4.79 Å². The zero-order chi connectivity index (χ0) is 11.4. The molecule has 1 saturated carbocycles. The van der Waals surface area contributed by atoms with Crippen LogP contribution < -0.4 is 5.32 Å². The van der Waals surface area contributed by atoms with Gasteiger partial charge in [-0.25, -0.2) is 0 Å². The van der Waals surface area contributed by atoms with Crippen LogP contribution in [0.15, 0.2) is 30.3 Å². The molecule has 1 atom stereocenters. The van der Waals surface area contributed by atoms with Gasteiger partial charge in [0.15, 0.2) is 11.3 Å². The van der Waals surface area contributed by atoms with Crippen molar-refractivity contribution < 1.29 is 10.1 Å². The van der Waals surface area contributed by atoms with Crippen molar-refractivity contribution in [2.24, 2.45) is 0 Å². The second-order valence-corrected chi connectivity index (χ2v) is 4.58. The van der Waals surface area contributed by atoms with Crippen molar-refractivity contribution in [2.75, 3.05) is 6.54 Å². The number of carbonyl (C=O) groups is 1. The Hall–Kier alpha value is -1.15. The van der Waals surface area contributed by atoms with Crippen LogP contribution in [0.4, 0.5) is 0 Å².